The lowest BCUT2D eigenvalue weighted by Crippen LogP contribution is -2.15. The normalized spacial score (nSPS) is 10.8. The van der Waals surface area contributed by atoms with Gasteiger partial charge in [0.1, 0.15) is 17.2 Å². The highest BCUT2D eigenvalue weighted by Crippen LogP contribution is 2.30. The molecule has 1 amide bonds. The second-order valence-corrected chi connectivity index (χ2v) is 7.84. The van der Waals surface area contributed by atoms with Crippen LogP contribution in [0.4, 0.5) is 13.9 Å². The first-order valence-electron chi connectivity index (χ1n) is 7.72. The number of hydrogen-bond donors (Lipinski definition) is 1. The molecule has 0 aliphatic heterocycles. The summed E-state index contributed by atoms with van der Waals surface area (Å²) in [6.45, 7) is 4.08. The van der Waals surface area contributed by atoms with Crippen LogP contribution >= 0.6 is 23.1 Å². The van der Waals surface area contributed by atoms with Gasteiger partial charge in [-0.05, 0) is 37.1 Å². The topological polar surface area (TPSA) is 54.9 Å². The van der Waals surface area contributed by atoms with Crippen molar-refractivity contribution in [1.29, 1.82) is 0 Å². The fourth-order valence-electron chi connectivity index (χ4n) is 2.29. The first-order chi connectivity index (χ1) is 12.4. The van der Waals surface area contributed by atoms with Crippen LogP contribution in [0.25, 0.3) is 0 Å². The van der Waals surface area contributed by atoms with Crippen LogP contribution in [-0.2, 0) is 5.75 Å². The van der Waals surface area contributed by atoms with E-state index in [1.165, 1.54) is 34.5 Å². The summed E-state index contributed by atoms with van der Waals surface area (Å²) < 4.78 is 28.0. The molecule has 1 aromatic heterocycles. The zero-order valence-electron chi connectivity index (χ0n) is 14.0. The summed E-state index contributed by atoms with van der Waals surface area (Å²) in [5.74, 6) is -2.01. The predicted molar refractivity (Wildman–Crippen MR) is 99.7 cm³/mol. The second-order valence-electron chi connectivity index (χ2n) is 5.64. The van der Waals surface area contributed by atoms with Crippen LogP contribution in [0.5, 0.6) is 0 Å². The Morgan fingerprint density at radius 1 is 1.15 bits per heavy atom. The van der Waals surface area contributed by atoms with Crippen molar-refractivity contribution in [3.05, 3.63) is 70.3 Å². The van der Waals surface area contributed by atoms with E-state index in [1.54, 1.807) is 0 Å². The number of aromatic nitrogens is 2. The molecule has 1 N–H and O–H groups in total. The number of amides is 1. The molecule has 0 spiro atoms. The smallest absolute Gasteiger partial charge is 0.263 e. The number of carbonyl (C=O) groups is 1. The predicted octanol–water partition coefficient (Wildman–Crippen LogP) is 4.98. The second kappa shape index (κ2) is 7.92. The number of aryl methyl sites for hydroxylation is 2. The molecule has 0 fully saturated rings. The molecule has 2 aromatic carbocycles. The van der Waals surface area contributed by atoms with Crippen LogP contribution < -0.4 is 5.32 Å². The maximum Gasteiger partial charge on any atom is 0.263 e. The molecular weight excluding hydrogens is 376 g/mol. The number of nitrogens with one attached hydrogen (secondary N) is 1. The van der Waals surface area contributed by atoms with Gasteiger partial charge in [-0.25, -0.2) is 8.78 Å². The summed E-state index contributed by atoms with van der Waals surface area (Å²) in [6, 6.07) is 9.51. The molecular formula is C18H15F2N3OS2. The van der Waals surface area contributed by atoms with Gasteiger partial charge in [-0.2, -0.15) is 0 Å². The van der Waals surface area contributed by atoms with E-state index in [1.807, 2.05) is 13.8 Å². The highest BCUT2D eigenvalue weighted by molar-refractivity contribution is 8.00. The van der Waals surface area contributed by atoms with E-state index in [0.29, 0.717) is 4.34 Å². The lowest BCUT2D eigenvalue weighted by Gasteiger charge is -2.05. The molecule has 3 rings (SSSR count). The highest BCUT2D eigenvalue weighted by Gasteiger charge is 2.18. The Kier molecular flexibility index (Phi) is 5.63. The number of benzene rings is 2. The van der Waals surface area contributed by atoms with E-state index in [2.05, 4.69) is 33.7 Å². The molecule has 0 saturated carbocycles. The van der Waals surface area contributed by atoms with Gasteiger partial charge in [-0.3, -0.25) is 10.1 Å². The van der Waals surface area contributed by atoms with Gasteiger partial charge in [0.15, 0.2) is 4.34 Å². The Balaban J connectivity index is 1.66. The minimum atomic E-state index is -0.920. The largest absolute Gasteiger partial charge is 0.296 e. The summed E-state index contributed by atoms with van der Waals surface area (Å²) in [5, 5.41) is 10.5. The van der Waals surface area contributed by atoms with Crippen molar-refractivity contribution in [2.75, 3.05) is 5.32 Å². The third-order valence-electron chi connectivity index (χ3n) is 3.67. The third kappa shape index (κ3) is 4.25. The SMILES string of the molecule is Cc1ccc(C)c(CSc2nnc(NC(=O)c3c(F)cccc3F)s2)c1. The van der Waals surface area contributed by atoms with Crippen LogP contribution in [0.1, 0.15) is 27.0 Å². The van der Waals surface area contributed by atoms with Crippen LogP contribution in [0.3, 0.4) is 0 Å². The maximum atomic E-state index is 13.7. The van der Waals surface area contributed by atoms with Crippen LogP contribution in [-0.4, -0.2) is 16.1 Å². The molecule has 8 heteroatoms. The Morgan fingerprint density at radius 2 is 1.88 bits per heavy atom. The molecule has 0 atom stereocenters. The van der Waals surface area contributed by atoms with Crippen LogP contribution in [0, 0.1) is 25.5 Å². The van der Waals surface area contributed by atoms with E-state index in [9.17, 15) is 13.6 Å². The Hall–Kier alpha value is -2.32. The Labute approximate surface area is 157 Å². The van der Waals surface area contributed by atoms with E-state index in [4.69, 9.17) is 0 Å². The molecule has 0 aliphatic carbocycles. The first kappa shape index (κ1) is 18.5. The molecule has 0 aliphatic rings. The molecule has 0 radical (unpaired) electrons. The van der Waals surface area contributed by atoms with Crippen molar-refractivity contribution in [2.45, 2.75) is 23.9 Å². The van der Waals surface area contributed by atoms with Gasteiger partial charge >= 0.3 is 0 Å². The van der Waals surface area contributed by atoms with Gasteiger partial charge in [-0.1, -0.05) is 52.9 Å². The zero-order valence-corrected chi connectivity index (χ0v) is 15.7. The van der Waals surface area contributed by atoms with Crippen molar-refractivity contribution in [1.82, 2.24) is 10.2 Å². The van der Waals surface area contributed by atoms with Gasteiger partial charge in [-0.15, -0.1) is 10.2 Å². The Morgan fingerprint density at radius 3 is 2.62 bits per heavy atom. The maximum absolute atomic E-state index is 13.7. The summed E-state index contributed by atoms with van der Waals surface area (Å²) in [4.78, 5) is 12.1. The molecule has 1 heterocycles. The first-order valence-corrected chi connectivity index (χ1v) is 9.52. The summed E-state index contributed by atoms with van der Waals surface area (Å²) in [7, 11) is 0. The lowest BCUT2D eigenvalue weighted by molar-refractivity contribution is 0.101. The number of anilines is 1. The van der Waals surface area contributed by atoms with Crippen molar-refractivity contribution >= 4 is 34.1 Å². The van der Waals surface area contributed by atoms with E-state index in [-0.39, 0.29) is 5.13 Å². The van der Waals surface area contributed by atoms with E-state index in [0.717, 1.165) is 29.2 Å². The van der Waals surface area contributed by atoms with Crippen molar-refractivity contribution in [3.63, 3.8) is 0 Å². The molecule has 26 heavy (non-hydrogen) atoms. The minimum absolute atomic E-state index is 0.195. The van der Waals surface area contributed by atoms with Crippen LogP contribution in [0.15, 0.2) is 40.7 Å². The average Bonchev–Trinajstić information content (AvgIpc) is 3.03. The highest BCUT2D eigenvalue weighted by atomic mass is 32.2. The molecule has 3 aromatic rings. The van der Waals surface area contributed by atoms with E-state index >= 15 is 0 Å². The van der Waals surface area contributed by atoms with Gasteiger partial charge in [0, 0.05) is 5.75 Å². The zero-order chi connectivity index (χ0) is 18.7. The van der Waals surface area contributed by atoms with Gasteiger partial charge < -0.3 is 0 Å². The fourth-order valence-corrected chi connectivity index (χ4v) is 4.10. The van der Waals surface area contributed by atoms with Gasteiger partial charge in [0.2, 0.25) is 5.13 Å². The number of rotatable bonds is 5. The number of halogens is 2. The van der Waals surface area contributed by atoms with Crippen LogP contribution in [0.2, 0.25) is 0 Å². The number of nitrogens with zero attached hydrogens (tertiary/aromatic N) is 2. The van der Waals surface area contributed by atoms with Crippen molar-refractivity contribution in [2.24, 2.45) is 0 Å². The minimum Gasteiger partial charge on any atom is -0.296 e. The average molecular weight is 391 g/mol. The van der Waals surface area contributed by atoms with Gasteiger partial charge in [0.05, 0.1) is 0 Å². The molecule has 0 saturated heterocycles. The molecule has 0 bridgehead atoms. The van der Waals surface area contributed by atoms with E-state index < -0.39 is 23.1 Å². The summed E-state index contributed by atoms with van der Waals surface area (Å²) >= 11 is 2.65. The monoisotopic (exact) mass is 391 g/mol. The van der Waals surface area contributed by atoms with Crippen molar-refractivity contribution in [3.8, 4) is 0 Å². The lowest BCUT2D eigenvalue weighted by atomic mass is 10.1. The molecule has 134 valence electrons. The quantitative estimate of drug-likeness (QED) is 0.492. The Bertz CT molecular complexity index is 939. The fraction of sp³-hybridized carbons (Fsp3) is 0.167. The number of thioether (sulfide) groups is 1. The third-order valence-corrected chi connectivity index (χ3v) is 5.69. The van der Waals surface area contributed by atoms with Gasteiger partial charge in [0.25, 0.3) is 5.91 Å². The summed E-state index contributed by atoms with van der Waals surface area (Å²) in [6.07, 6.45) is 0. The van der Waals surface area contributed by atoms with Crippen molar-refractivity contribution < 1.29 is 13.6 Å². The molecule has 0 unspecified atom stereocenters. The number of carbonyl (C=O) groups excluding carboxylic acids is 1. The summed E-state index contributed by atoms with van der Waals surface area (Å²) in [5.41, 5.74) is 2.94. The standard InChI is InChI=1S/C18H15F2N3OS2/c1-10-6-7-11(2)12(8-10)9-25-18-23-22-17(26-18)21-16(24)15-13(19)4-3-5-14(15)20/h3-8H,9H2,1-2H3,(H,21,22,24). The molecule has 4 nitrogen and oxygen atoms in total. The number of hydrogen-bond acceptors (Lipinski definition) is 5.